The molecule has 0 aliphatic heterocycles. The molecule has 0 saturated carbocycles. The number of aromatic amines is 1. The maximum atomic E-state index is 4.39. The van der Waals surface area contributed by atoms with Crippen molar-refractivity contribution in [3.8, 4) is 0 Å². The molecule has 1 N–H and O–H groups in total. The van der Waals surface area contributed by atoms with Crippen molar-refractivity contribution in [2.24, 2.45) is 5.41 Å². The second-order valence-electron chi connectivity index (χ2n) is 4.87. The van der Waals surface area contributed by atoms with E-state index in [9.17, 15) is 0 Å². The normalized spacial score (nSPS) is 12.2. The smallest absolute Gasteiger partial charge is 0.0833 e. The van der Waals surface area contributed by atoms with E-state index in [1.165, 1.54) is 0 Å². The molecule has 0 radical (unpaired) electrons. The summed E-state index contributed by atoms with van der Waals surface area (Å²) in [7, 11) is 0. The highest BCUT2D eigenvalue weighted by Crippen LogP contribution is 2.20. The van der Waals surface area contributed by atoms with Crippen LogP contribution in [-0.2, 0) is 6.42 Å². The van der Waals surface area contributed by atoms with Gasteiger partial charge >= 0.3 is 0 Å². The molecule has 2 aromatic heterocycles. The second kappa shape index (κ2) is 3.08. The number of hydrogen-bond donors (Lipinski definition) is 1. The van der Waals surface area contributed by atoms with Gasteiger partial charge in [0.1, 0.15) is 0 Å². The summed E-state index contributed by atoms with van der Waals surface area (Å²) in [5.74, 6) is 0. The Morgan fingerprint density at radius 3 is 2.79 bits per heavy atom. The van der Waals surface area contributed by atoms with Crippen molar-refractivity contribution >= 4 is 10.9 Å². The van der Waals surface area contributed by atoms with Crippen LogP contribution in [0, 0.1) is 5.41 Å². The summed E-state index contributed by atoms with van der Waals surface area (Å²) in [5.41, 5.74) is 2.42. The summed E-state index contributed by atoms with van der Waals surface area (Å²) < 4.78 is 0. The molecule has 0 atom stereocenters. The number of nitrogens with one attached hydrogen (secondary N) is 1. The molecule has 0 unspecified atom stereocenters. The SMILES string of the molecule is CC(C)(C)Cc1cc2cn[nH]c2cn1. The highest BCUT2D eigenvalue weighted by molar-refractivity contribution is 5.76. The number of hydrogen-bond acceptors (Lipinski definition) is 2. The molecule has 2 rings (SSSR count). The van der Waals surface area contributed by atoms with Crippen LogP contribution in [0.2, 0.25) is 0 Å². The highest BCUT2D eigenvalue weighted by atomic mass is 15.1. The van der Waals surface area contributed by atoms with Gasteiger partial charge in [0, 0.05) is 11.1 Å². The van der Waals surface area contributed by atoms with Gasteiger partial charge in [0.05, 0.1) is 17.9 Å². The first-order chi connectivity index (χ1) is 6.54. The monoisotopic (exact) mass is 189 g/mol. The predicted octanol–water partition coefficient (Wildman–Crippen LogP) is 2.55. The Bertz CT molecular complexity index is 437. The van der Waals surface area contributed by atoms with Gasteiger partial charge in [-0.3, -0.25) is 10.1 Å². The zero-order valence-electron chi connectivity index (χ0n) is 8.83. The topological polar surface area (TPSA) is 41.6 Å². The van der Waals surface area contributed by atoms with Crippen LogP contribution < -0.4 is 0 Å². The minimum atomic E-state index is 0.282. The molecule has 74 valence electrons. The molecule has 0 aliphatic carbocycles. The van der Waals surface area contributed by atoms with Gasteiger partial charge in [-0.25, -0.2) is 0 Å². The quantitative estimate of drug-likeness (QED) is 0.749. The standard InChI is InChI=1S/C11H15N3/c1-11(2,3)5-9-4-8-6-13-14-10(8)7-12-9/h4,6-7H,5H2,1-3H3,(H,13,14). The van der Waals surface area contributed by atoms with Crippen molar-refractivity contribution in [3.05, 3.63) is 24.2 Å². The largest absolute Gasteiger partial charge is 0.276 e. The lowest BCUT2D eigenvalue weighted by molar-refractivity contribution is 0.406. The van der Waals surface area contributed by atoms with Crippen molar-refractivity contribution in [1.29, 1.82) is 0 Å². The third kappa shape index (κ3) is 1.92. The Hall–Kier alpha value is -1.38. The first-order valence-corrected chi connectivity index (χ1v) is 4.83. The molecule has 3 heteroatoms. The van der Waals surface area contributed by atoms with Gasteiger partial charge in [-0.05, 0) is 17.9 Å². The van der Waals surface area contributed by atoms with E-state index in [0.29, 0.717) is 0 Å². The van der Waals surface area contributed by atoms with Gasteiger partial charge in [0.25, 0.3) is 0 Å². The van der Waals surface area contributed by atoms with Crippen LogP contribution in [0.1, 0.15) is 26.5 Å². The number of aromatic nitrogens is 3. The van der Waals surface area contributed by atoms with E-state index in [0.717, 1.165) is 23.0 Å². The zero-order valence-corrected chi connectivity index (χ0v) is 8.83. The fraction of sp³-hybridized carbons (Fsp3) is 0.455. The number of H-pyrrole nitrogens is 1. The summed E-state index contributed by atoms with van der Waals surface area (Å²) in [6.45, 7) is 6.65. The van der Waals surface area contributed by atoms with Crippen LogP contribution in [0.15, 0.2) is 18.5 Å². The Morgan fingerprint density at radius 1 is 1.29 bits per heavy atom. The maximum absolute atomic E-state index is 4.39. The molecule has 14 heavy (non-hydrogen) atoms. The van der Waals surface area contributed by atoms with Crippen LogP contribution >= 0.6 is 0 Å². The van der Waals surface area contributed by atoms with Gasteiger partial charge < -0.3 is 0 Å². The van der Waals surface area contributed by atoms with E-state index in [2.05, 4.69) is 42.0 Å². The summed E-state index contributed by atoms with van der Waals surface area (Å²) in [5, 5.41) is 8.01. The molecule has 0 aromatic carbocycles. The van der Waals surface area contributed by atoms with E-state index >= 15 is 0 Å². The third-order valence-corrected chi connectivity index (χ3v) is 2.09. The highest BCUT2D eigenvalue weighted by Gasteiger charge is 2.12. The molecule has 2 heterocycles. The van der Waals surface area contributed by atoms with Crippen LogP contribution in [0.3, 0.4) is 0 Å². The van der Waals surface area contributed by atoms with Crippen LogP contribution in [0.4, 0.5) is 0 Å². The molecule has 0 spiro atoms. The lowest BCUT2D eigenvalue weighted by atomic mass is 9.90. The van der Waals surface area contributed by atoms with Crippen LogP contribution in [0.5, 0.6) is 0 Å². The molecule has 0 saturated heterocycles. The zero-order chi connectivity index (χ0) is 10.2. The van der Waals surface area contributed by atoms with E-state index in [-0.39, 0.29) is 5.41 Å². The van der Waals surface area contributed by atoms with Crippen molar-refractivity contribution in [3.63, 3.8) is 0 Å². The molecule has 0 amide bonds. The number of pyridine rings is 1. The first kappa shape index (κ1) is 9.19. The van der Waals surface area contributed by atoms with Gasteiger partial charge in [0.2, 0.25) is 0 Å². The minimum Gasteiger partial charge on any atom is -0.276 e. The van der Waals surface area contributed by atoms with E-state index in [4.69, 9.17) is 0 Å². The van der Waals surface area contributed by atoms with E-state index in [1.807, 2.05) is 12.4 Å². The second-order valence-corrected chi connectivity index (χ2v) is 4.87. The Balaban J connectivity index is 2.35. The minimum absolute atomic E-state index is 0.282. The van der Waals surface area contributed by atoms with Gasteiger partial charge in [-0.1, -0.05) is 20.8 Å². The van der Waals surface area contributed by atoms with Crippen LogP contribution in [-0.4, -0.2) is 15.2 Å². The van der Waals surface area contributed by atoms with Gasteiger partial charge in [-0.2, -0.15) is 5.10 Å². The molecular formula is C11H15N3. The lowest BCUT2D eigenvalue weighted by Gasteiger charge is -2.16. The van der Waals surface area contributed by atoms with Crippen molar-refractivity contribution in [1.82, 2.24) is 15.2 Å². The predicted molar refractivity (Wildman–Crippen MR) is 57.0 cm³/mol. The average Bonchev–Trinajstić information content (AvgIpc) is 2.47. The number of fused-ring (bicyclic) bond motifs is 1. The maximum Gasteiger partial charge on any atom is 0.0833 e. The third-order valence-electron chi connectivity index (χ3n) is 2.09. The average molecular weight is 189 g/mol. The Kier molecular flexibility index (Phi) is 2.02. The van der Waals surface area contributed by atoms with Crippen molar-refractivity contribution in [2.45, 2.75) is 27.2 Å². The van der Waals surface area contributed by atoms with Crippen LogP contribution in [0.25, 0.3) is 10.9 Å². The van der Waals surface area contributed by atoms with Crippen molar-refractivity contribution < 1.29 is 0 Å². The van der Waals surface area contributed by atoms with E-state index < -0.39 is 0 Å². The summed E-state index contributed by atoms with van der Waals surface area (Å²) in [4.78, 5) is 4.39. The summed E-state index contributed by atoms with van der Waals surface area (Å²) >= 11 is 0. The fourth-order valence-corrected chi connectivity index (χ4v) is 1.53. The number of nitrogens with zero attached hydrogens (tertiary/aromatic N) is 2. The van der Waals surface area contributed by atoms with Gasteiger partial charge in [0.15, 0.2) is 0 Å². The lowest BCUT2D eigenvalue weighted by Crippen LogP contribution is -2.10. The molecule has 0 fully saturated rings. The Morgan fingerprint density at radius 2 is 2.07 bits per heavy atom. The molecule has 3 nitrogen and oxygen atoms in total. The molecular weight excluding hydrogens is 174 g/mol. The summed E-state index contributed by atoms with van der Waals surface area (Å²) in [6.07, 6.45) is 4.68. The first-order valence-electron chi connectivity index (χ1n) is 4.83. The molecule has 0 aliphatic rings. The molecule has 0 bridgehead atoms. The summed E-state index contributed by atoms with van der Waals surface area (Å²) in [6, 6.07) is 2.10. The molecule has 2 aromatic rings. The van der Waals surface area contributed by atoms with Crippen molar-refractivity contribution in [2.75, 3.05) is 0 Å². The Labute approximate surface area is 83.6 Å². The number of rotatable bonds is 1. The van der Waals surface area contributed by atoms with Gasteiger partial charge in [-0.15, -0.1) is 0 Å². The fourth-order valence-electron chi connectivity index (χ4n) is 1.53. The van der Waals surface area contributed by atoms with E-state index in [1.54, 1.807) is 0 Å².